The van der Waals surface area contributed by atoms with E-state index in [-0.39, 0.29) is 18.6 Å². The molecule has 2 aromatic carbocycles. The normalized spacial score (nSPS) is 11.5. The molecule has 5 nitrogen and oxygen atoms in total. The first kappa shape index (κ1) is 20.0. The molecule has 0 aliphatic heterocycles. The van der Waals surface area contributed by atoms with E-state index in [9.17, 15) is 9.59 Å². The van der Waals surface area contributed by atoms with Crippen molar-refractivity contribution in [3.63, 3.8) is 0 Å². The molecule has 0 bridgehead atoms. The van der Waals surface area contributed by atoms with Crippen molar-refractivity contribution in [3.8, 4) is 0 Å². The number of ether oxygens (including phenoxy) is 1. The van der Waals surface area contributed by atoms with Gasteiger partial charge in [-0.25, -0.2) is 4.79 Å². The Labute approximate surface area is 162 Å². The van der Waals surface area contributed by atoms with Crippen LogP contribution >= 0.6 is 15.9 Å². The van der Waals surface area contributed by atoms with Crippen molar-refractivity contribution in [2.24, 2.45) is 0 Å². The van der Waals surface area contributed by atoms with Gasteiger partial charge in [0.25, 0.3) is 0 Å². The summed E-state index contributed by atoms with van der Waals surface area (Å²) in [6.07, 6.45) is 0.422. The summed E-state index contributed by atoms with van der Waals surface area (Å²) in [5, 5.41) is 5.61. The van der Waals surface area contributed by atoms with Crippen molar-refractivity contribution >= 4 is 27.9 Å². The minimum atomic E-state index is -0.475. The molecular formula is C20H23BrN2O3. The lowest BCUT2D eigenvalue weighted by molar-refractivity contribution is -0.121. The maximum atomic E-state index is 12.0. The maximum absolute atomic E-state index is 12.0. The Kier molecular flexibility index (Phi) is 8.15. The van der Waals surface area contributed by atoms with Crippen LogP contribution in [0.25, 0.3) is 0 Å². The molecule has 2 amide bonds. The van der Waals surface area contributed by atoms with E-state index in [1.54, 1.807) is 0 Å². The highest BCUT2D eigenvalue weighted by Crippen LogP contribution is 2.17. The van der Waals surface area contributed by atoms with Gasteiger partial charge in [0, 0.05) is 17.4 Å². The molecule has 1 atom stereocenters. The zero-order valence-corrected chi connectivity index (χ0v) is 16.3. The number of rotatable bonds is 8. The van der Waals surface area contributed by atoms with Gasteiger partial charge in [0.2, 0.25) is 5.91 Å². The lowest BCUT2D eigenvalue weighted by Gasteiger charge is -2.14. The number of benzene rings is 2. The van der Waals surface area contributed by atoms with Crippen molar-refractivity contribution in [1.82, 2.24) is 10.6 Å². The molecule has 0 saturated carbocycles. The van der Waals surface area contributed by atoms with Gasteiger partial charge in [-0.05, 0) is 36.6 Å². The van der Waals surface area contributed by atoms with E-state index in [1.165, 1.54) is 0 Å². The van der Waals surface area contributed by atoms with Crippen LogP contribution in [-0.4, -0.2) is 18.5 Å². The third kappa shape index (κ3) is 7.27. The molecule has 2 aromatic rings. The molecule has 0 saturated heterocycles. The van der Waals surface area contributed by atoms with Crippen LogP contribution in [-0.2, 0) is 16.1 Å². The standard InChI is InChI=1S/C20H23BrN2O3/c1-15(17-9-5-10-18(21)13-17)23-19(24)11-6-12-22-20(25)26-14-16-7-3-2-4-8-16/h2-5,7-10,13,15H,6,11-12,14H2,1H3,(H,22,25)(H,23,24). The minimum Gasteiger partial charge on any atom is -0.445 e. The number of alkyl carbamates (subject to hydrolysis) is 1. The van der Waals surface area contributed by atoms with Crippen LogP contribution in [0.15, 0.2) is 59.1 Å². The highest BCUT2D eigenvalue weighted by molar-refractivity contribution is 9.10. The lowest BCUT2D eigenvalue weighted by atomic mass is 10.1. The molecule has 2 N–H and O–H groups in total. The summed E-state index contributed by atoms with van der Waals surface area (Å²) in [6.45, 7) is 2.57. The summed E-state index contributed by atoms with van der Waals surface area (Å²) in [5.41, 5.74) is 1.97. The Balaban J connectivity index is 1.60. The molecule has 0 heterocycles. The van der Waals surface area contributed by atoms with Gasteiger partial charge in [-0.3, -0.25) is 4.79 Å². The molecule has 26 heavy (non-hydrogen) atoms. The number of carbonyl (C=O) groups is 2. The van der Waals surface area contributed by atoms with Crippen molar-refractivity contribution in [2.75, 3.05) is 6.54 Å². The summed E-state index contributed by atoms with van der Waals surface area (Å²) in [7, 11) is 0. The predicted molar refractivity (Wildman–Crippen MR) is 105 cm³/mol. The van der Waals surface area contributed by atoms with Crippen molar-refractivity contribution < 1.29 is 14.3 Å². The largest absolute Gasteiger partial charge is 0.445 e. The Morgan fingerprint density at radius 2 is 1.88 bits per heavy atom. The number of hydrogen-bond acceptors (Lipinski definition) is 3. The van der Waals surface area contributed by atoms with Gasteiger partial charge in [-0.15, -0.1) is 0 Å². The van der Waals surface area contributed by atoms with Crippen LogP contribution in [0.2, 0.25) is 0 Å². The van der Waals surface area contributed by atoms with E-state index in [1.807, 2.05) is 61.5 Å². The van der Waals surface area contributed by atoms with Gasteiger partial charge < -0.3 is 15.4 Å². The zero-order valence-electron chi connectivity index (χ0n) is 14.7. The molecule has 0 spiro atoms. The summed E-state index contributed by atoms with van der Waals surface area (Å²) in [4.78, 5) is 23.6. The highest BCUT2D eigenvalue weighted by Gasteiger charge is 2.10. The van der Waals surface area contributed by atoms with Gasteiger partial charge in [0.1, 0.15) is 6.61 Å². The molecule has 0 fully saturated rings. The molecular weight excluding hydrogens is 396 g/mol. The predicted octanol–water partition coefficient (Wildman–Crippen LogP) is 4.33. The Hall–Kier alpha value is -2.34. The van der Waals surface area contributed by atoms with E-state index in [0.29, 0.717) is 19.4 Å². The van der Waals surface area contributed by atoms with E-state index in [4.69, 9.17) is 4.74 Å². The topological polar surface area (TPSA) is 67.4 Å². The quantitative estimate of drug-likeness (QED) is 0.626. The van der Waals surface area contributed by atoms with Crippen molar-refractivity contribution in [2.45, 2.75) is 32.4 Å². The average molecular weight is 419 g/mol. The van der Waals surface area contributed by atoms with Crippen LogP contribution in [0.4, 0.5) is 4.79 Å². The van der Waals surface area contributed by atoms with E-state index in [2.05, 4.69) is 26.6 Å². The minimum absolute atomic E-state index is 0.0445. The highest BCUT2D eigenvalue weighted by atomic mass is 79.9. The second-order valence-electron chi connectivity index (χ2n) is 5.94. The summed E-state index contributed by atoms with van der Waals surface area (Å²) >= 11 is 3.42. The van der Waals surface area contributed by atoms with Crippen molar-refractivity contribution in [3.05, 3.63) is 70.2 Å². The number of halogens is 1. The van der Waals surface area contributed by atoms with Gasteiger partial charge in [0.05, 0.1) is 6.04 Å². The van der Waals surface area contributed by atoms with Crippen LogP contribution in [0.5, 0.6) is 0 Å². The third-order valence-electron chi connectivity index (χ3n) is 3.79. The fraction of sp³-hybridized carbons (Fsp3) is 0.300. The fourth-order valence-corrected chi connectivity index (χ4v) is 2.80. The van der Waals surface area contributed by atoms with E-state index >= 15 is 0 Å². The number of hydrogen-bond donors (Lipinski definition) is 2. The second kappa shape index (κ2) is 10.6. The molecule has 0 aliphatic rings. The molecule has 2 rings (SSSR count). The lowest BCUT2D eigenvalue weighted by Crippen LogP contribution is -2.29. The molecule has 138 valence electrons. The Bertz CT molecular complexity index is 722. The fourth-order valence-electron chi connectivity index (χ4n) is 2.39. The van der Waals surface area contributed by atoms with Crippen LogP contribution in [0, 0.1) is 0 Å². The average Bonchev–Trinajstić information content (AvgIpc) is 2.64. The number of nitrogens with one attached hydrogen (secondary N) is 2. The number of amides is 2. The molecule has 0 aliphatic carbocycles. The van der Waals surface area contributed by atoms with Crippen LogP contribution in [0.1, 0.15) is 36.9 Å². The molecule has 6 heteroatoms. The smallest absolute Gasteiger partial charge is 0.407 e. The molecule has 1 unspecified atom stereocenters. The second-order valence-corrected chi connectivity index (χ2v) is 6.85. The maximum Gasteiger partial charge on any atom is 0.407 e. The number of carbonyl (C=O) groups excluding carboxylic acids is 2. The monoisotopic (exact) mass is 418 g/mol. The molecule has 0 aromatic heterocycles. The zero-order chi connectivity index (χ0) is 18.8. The Morgan fingerprint density at radius 3 is 2.62 bits per heavy atom. The molecule has 0 radical (unpaired) electrons. The SMILES string of the molecule is CC(NC(=O)CCCNC(=O)OCc1ccccc1)c1cccc(Br)c1. The third-order valence-corrected chi connectivity index (χ3v) is 4.28. The van der Waals surface area contributed by atoms with Crippen LogP contribution < -0.4 is 10.6 Å². The van der Waals surface area contributed by atoms with Crippen molar-refractivity contribution in [1.29, 1.82) is 0 Å². The van der Waals surface area contributed by atoms with Gasteiger partial charge in [-0.2, -0.15) is 0 Å². The Morgan fingerprint density at radius 1 is 1.12 bits per heavy atom. The van der Waals surface area contributed by atoms with Gasteiger partial charge in [-0.1, -0.05) is 58.4 Å². The summed E-state index contributed by atoms with van der Waals surface area (Å²) in [5.74, 6) is -0.0445. The van der Waals surface area contributed by atoms with Gasteiger partial charge in [0.15, 0.2) is 0 Å². The van der Waals surface area contributed by atoms with Crippen LogP contribution in [0.3, 0.4) is 0 Å². The first-order chi connectivity index (χ1) is 12.5. The van der Waals surface area contributed by atoms with E-state index < -0.39 is 6.09 Å². The first-order valence-corrected chi connectivity index (χ1v) is 9.33. The summed E-state index contributed by atoms with van der Waals surface area (Å²) in [6, 6.07) is 17.3. The van der Waals surface area contributed by atoms with E-state index in [0.717, 1.165) is 15.6 Å². The first-order valence-electron chi connectivity index (χ1n) is 8.54. The van der Waals surface area contributed by atoms with Gasteiger partial charge >= 0.3 is 6.09 Å². The summed E-state index contributed by atoms with van der Waals surface area (Å²) < 4.78 is 6.09.